The Bertz CT molecular complexity index is 366. The molecule has 0 aliphatic rings. The number of halogens is 1. The second-order valence-corrected chi connectivity index (χ2v) is 3.50. The fraction of sp³-hybridized carbons (Fsp3) is 0.125. The molecule has 1 aromatic carbocycles. The number of rotatable bonds is 3. The van der Waals surface area contributed by atoms with Gasteiger partial charge in [-0.1, -0.05) is 12.1 Å². The van der Waals surface area contributed by atoms with Crippen molar-refractivity contribution < 1.29 is 23.0 Å². The smallest absolute Gasteiger partial charge is 0.400 e. The van der Waals surface area contributed by atoms with Gasteiger partial charge in [-0.25, -0.2) is 9.18 Å². The van der Waals surface area contributed by atoms with Crippen LogP contribution < -0.4 is 4.52 Å². The van der Waals surface area contributed by atoms with E-state index in [0.717, 1.165) is 13.2 Å². The second kappa shape index (κ2) is 4.77. The summed E-state index contributed by atoms with van der Waals surface area (Å²) in [5.41, 5.74) is -0.988. The third kappa shape index (κ3) is 2.57. The van der Waals surface area contributed by atoms with E-state index in [1.165, 1.54) is 18.2 Å². The Balaban J connectivity index is 2.75. The van der Waals surface area contributed by atoms with Gasteiger partial charge in [0.15, 0.2) is 11.6 Å². The number of hydrogen-bond donors (Lipinski definition) is 0. The van der Waals surface area contributed by atoms with E-state index in [9.17, 15) is 13.8 Å². The van der Waals surface area contributed by atoms with Crippen LogP contribution in [0.3, 0.4) is 0 Å². The van der Waals surface area contributed by atoms with Crippen molar-refractivity contribution in [1.29, 1.82) is 0 Å². The number of methoxy groups -OCH3 is 1. The molecule has 0 heterocycles. The highest BCUT2D eigenvalue weighted by molar-refractivity contribution is 7.58. The summed E-state index contributed by atoms with van der Waals surface area (Å²) in [4.78, 5) is 10.7. The van der Waals surface area contributed by atoms with E-state index in [4.69, 9.17) is 0 Å². The molecule has 6 heteroatoms. The van der Waals surface area contributed by atoms with E-state index in [-0.39, 0.29) is 5.75 Å². The van der Waals surface area contributed by atoms with Gasteiger partial charge in [0.2, 0.25) is 0 Å². The number of ether oxygens (including phenoxy) is 1. The summed E-state index contributed by atoms with van der Waals surface area (Å²) >= 11 is 0. The highest BCUT2D eigenvalue weighted by atomic mass is 31.1. The van der Waals surface area contributed by atoms with Gasteiger partial charge < -0.3 is 9.26 Å². The highest BCUT2D eigenvalue weighted by Crippen LogP contribution is 2.30. The fourth-order valence-electron chi connectivity index (χ4n) is 0.752. The van der Waals surface area contributed by atoms with Crippen molar-refractivity contribution in [3.8, 4) is 5.75 Å². The van der Waals surface area contributed by atoms with Gasteiger partial charge in [0, 0.05) is 0 Å². The molecule has 0 bridgehead atoms. The molecule has 0 aliphatic heterocycles. The summed E-state index contributed by atoms with van der Waals surface area (Å²) in [5.74, 6) is -0.892. The molecule has 1 rings (SSSR count). The monoisotopic (exact) mass is 218 g/mol. The lowest BCUT2D eigenvalue weighted by atomic mass is 10.3. The molecule has 1 atom stereocenters. The first kappa shape index (κ1) is 10.7. The molecule has 0 saturated carbocycles. The van der Waals surface area contributed by atoms with E-state index in [2.05, 4.69) is 9.26 Å². The molecule has 4 nitrogen and oxygen atoms in total. The van der Waals surface area contributed by atoms with Crippen molar-refractivity contribution in [2.24, 2.45) is 0 Å². The number of carbonyl (C=O) groups is 1. The van der Waals surface area contributed by atoms with Crippen LogP contribution in [0.2, 0.25) is 0 Å². The van der Waals surface area contributed by atoms with Gasteiger partial charge in [0.1, 0.15) is 0 Å². The zero-order chi connectivity index (χ0) is 10.6. The zero-order valence-corrected chi connectivity index (χ0v) is 8.32. The lowest BCUT2D eigenvalue weighted by molar-refractivity contribution is 0.195. The summed E-state index contributed by atoms with van der Waals surface area (Å²) in [6.45, 7) is 0. The Morgan fingerprint density at radius 2 is 2.07 bits per heavy atom. The van der Waals surface area contributed by atoms with E-state index in [1.807, 2.05) is 0 Å². The summed E-state index contributed by atoms with van der Waals surface area (Å²) in [6, 6.07) is 5.38. The topological polar surface area (TPSA) is 52.6 Å². The predicted octanol–water partition coefficient (Wildman–Crippen LogP) is 2.45. The zero-order valence-electron chi connectivity index (χ0n) is 7.32. The number of carbonyl (C=O) groups excluding carboxylic acids is 1. The molecular formula is C8H8FO4P. The third-order valence-electron chi connectivity index (χ3n) is 1.39. The van der Waals surface area contributed by atoms with Crippen LogP contribution in [0.1, 0.15) is 0 Å². The molecule has 0 radical (unpaired) electrons. The molecule has 0 aromatic heterocycles. The van der Waals surface area contributed by atoms with Crippen LogP contribution in [0.5, 0.6) is 5.75 Å². The minimum Gasteiger partial charge on any atom is -0.461 e. The number of benzene rings is 1. The lowest BCUT2D eigenvalue weighted by Gasteiger charge is -2.04. The van der Waals surface area contributed by atoms with Crippen molar-refractivity contribution in [3.63, 3.8) is 0 Å². The fourth-order valence-corrected chi connectivity index (χ4v) is 1.37. The van der Waals surface area contributed by atoms with Crippen LogP contribution in [0.4, 0.5) is 9.18 Å². The van der Waals surface area contributed by atoms with Gasteiger partial charge >= 0.3 is 13.7 Å². The van der Waals surface area contributed by atoms with E-state index in [1.54, 1.807) is 0 Å². The van der Waals surface area contributed by atoms with Crippen LogP contribution in [0.15, 0.2) is 24.3 Å². The third-order valence-corrected chi connectivity index (χ3v) is 2.33. The number of para-hydroxylation sites is 1. The molecule has 0 spiro atoms. The standard InChI is InChI=1S/C8H8FO4P/c1-12-8(10)14(11)13-7-5-3-2-4-6(7)9/h2-5,14H,1H3. The molecule has 14 heavy (non-hydrogen) atoms. The van der Waals surface area contributed by atoms with Gasteiger partial charge in [-0.05, 0) is 12.1 Å². The second-order valence-electron chi connectivity index (χ2n) is 2.31. The van der Waals surface area contributed by atoms with Crippen molar-refractivity contribution in [3.05, 3.63) is 30.1 Å². The minimum absolute atomic E-state index is 0.221. The summed E-state index contributed by atoms with van der Waals surface area (Å²) in [7, 11) is -1.96. The molecule has 1 unspecified atom stereocenters. The first-order valence-corrected chi connectivity index (χ1v) is 5.01. The average molecular weight is 218 g/mol. The van der Waals surface area contributed by atoms with Gasteiger partial charge in [-0.15, -0.1) is 0 Å². The quantitative estimate of drug-likeness (QED) is 0.731. The first-order valence-electron chi connectivity index (χ1n) is 3.70. The van der Waals surface area contributed by atoms with Crippen molar-refractivity contribution >= 4 is 13.7 Å². The van der Waals surface area contributed by atoms with Crippen LogP contribution >= 0.6 is 8.03 Å². The maximum atomic E-state index is 12.9. The highest BCUT2D eigenvalue weighted by Gasteiger charge is 2.14. The summed E-state index contributed by atoms with van der Waals surface area (Å²) in [6.07, 6.45) is 0. The van der Waals surface area contributed by atoms with Crippen LogP contribution in [-0.2, 0) is 9.30 Å². The Morgan fingerprint density at radius 1 is 1.43 bits per heavy atom. The van der Waals surface area contributed by atoms with Crippen molar-refractivity contribution in [2.45, 2.75) is 0 Å². The molecule has 1 aromatic rings. The average Bonchev–Trinajstić information content (AvgIpc) is 2.20. The largest absolute Gasteiger partial charge is 0.461 e. The Morgan fingerprint density at radius 3 is 2.64 bits per heavy atom. The van der Waals surface area contributed by atoms with Gasteiger partial charge in [-0.3, -0.25) is 4.57 Å². The molecule has 0 amide bonds. The van der Waals surface area contributed by atoms with Gasteiger partial charge in [-0.2, -0.15) is 0 Å². The van der Waals surface area contributed by atoms with Crippen LogP contribution in [-0.4, -0.2) is 12.8 Å². The predicted molar refractivity (Wildman–Crippen MR) is 48.4 cm³/mol. The minimum atomic E-state index is -3.04. The molecule has 0 saturated heterocycles. The molecular weight excluding hydrogens is 210 g/mol. The Labute approximate surface area is 80.5 Å². The van der Waals surface area contributed by atoms with Gasteiger partial charge in [0.05, 0.1) is 7.11 Å². The van der Waals surface area contributed by atoms with E-state index >= 15 is 0 Å². The molecule has 0 fully saturated rings. The normalized spacial score (nSPS) is 11.9. The van der Waals surface area contributed by atoms with Crippen LogP contribution in [0.25, 0.3) is 0 Å². The molecule has 0 aliphatic carbocycles. The van der Waals surface area contributed by atoms with Crippen molar-refractivity contribution in [2.75, 3.05) is 7.11 Å². The van der Waals surface area contributed by atoms with E-state index in [0.29, 0.717) is 0 Å². The lowest BCUT2D eigenvalue weighted by Crippen LogP contribution is -1.96. The van der Waals surface area contributed by atoms with E-state index < -0.39 is 19.6 Å². The first-order chi connectivity index (χ1) is 6.65. The van der Waals surface area contributed by atoms with Crippen molar-refractivity contribution in [1.82, 2.24) is 0 Å². The maximum absolute atomic E-state index is 12.9. The summed E-state index contributed by atoms with van der Waals surface area (Å²) < 4.78 is 32.7. The molecule has 0 N–H and O–H groups in total. The summed E-state index contributed by atoms with van der Waals surface area (Å²) in [5, 5.41) is 0. The van der Waals surface area contributed by atoms with Gasteiger partial charge in [0.25, 0.3) is 0 Å². The molecule has 76 valence electrons. The maximum Gasteiger partial charge on any atom is 0.400 e. The van der Waals surface area contributed by atoms with Crippen LogP contribution in [0, 0.1) is 5.82 Å². The Kier molecular flexibility index (Phi) is 3.65. The Hall–Kier alpha value is -1.35. The SMILES string of the molecule is COC(=O)[PH](=O)Oc1ccccc1F. The number of hydrogen-bond acceptors (Lipinski definition) is 4.